The second-order valence-electron chi connectivity index (χ2n) is 10.6. The molecule has 4 rings (SSSR count). The van der Waals surface area contributed by atoms with Crippen LogP contribution in [0.4, 0.5) is 5.69 Å². The lowest BCUT2D eigenvalue weighted by molar-refractivity contribution is -0.140. The summed E-state index contributed by atoms with van der Waals surface area (Å²) in [5.41, 5.74) is 2.60. The number of hydrogen-bond acceptors (Lipinski definition) is 4. The molecule has 4 aromatic rings. The van der Waals surface area contributed by atoms with E-state index in [1.54, 1.807) is 43.3 Å². The van der Waals surface area contributed by atoms with E-state index in [9.17, 15) is 18.0 Å². The molecule has 0 radical (unpaired) electrons. The second kappa shape index (κ2) is 14.4. The van der Waals surface area contributed by atoms with E-state index in [2.05, 4.69) is 5.32 Å². The van der Waals surface area contributed by atoms with Gasteiger partial charge in [-0.25, -0.2) is 8.42 Å². The molecule has 0 spiro atoms. The number of benzene rings is 4. The minimum Gasteiger partial charge on any atom is -0.352 e. The van der Waals surface area contributed by atoms with Crippen LogP contribution in [0.3, 0.4) is 0 Å². The molecular weight excluding hydrogens is 582 g/mol. The zero-order chi connectivity index (χ0) is 31.0. The van der Waals surface area contributed by atoms with Crippen LogP contribution in [-0.2, 0) is 32.6 Å². The number of hydrogen-bond donors (Lipinski definition) is 1. The lowest BCUT2D eigenvalue weighted by atomic mass is 10.0. The van der Waals surface area contributed by atoms with Crippen LogP contribution in [0.1, 0.15) is 30.5 Å². The number of carbonyl (C=O) groups excluding carboxylic acids is 2. The SMILES string of the molecule is Cc1ccc(Cl)cc1N(CC(=O)N(Cc1ccccc1)C(Cc1ccccc1)C(=O)NC(C)C)S(=O)(=O)c1ccccc1. The Morgan fingerprint density at radius 2 is 1.37 bits per heavy atom. The summed E-state index contributed by atoms with van der Waals surface area (Å²) in [6.07, 6.45) is 0.250. The maximum atomic E-state index is 14.4. The average molecular weight is 618 g/mol. The van der Waals surface area contributed by atoms with Crippen molar-refractivity contribution in [2.24, 2.45) is 0 Å². The highest BCUT2D eigenvalue weighted by molar-refractivity contribution is 7.92. The first-order chi connectivity index (χ1) is 20.6. The molecule has 0 fully saturated rings. The number of aryl methyl sites for hydroxylation is 1. The third-order valence-electron chi connectivity index (χ3n) is 6.95. The van der Waals surface area contributed by atoms with Crippen LogP contribution in [0.15, 0.2) is 114 Å². The van der Waals surface area contributed by atoms with E-state index in [1.165, 1.54) is 17.0 Å². The highest BCUT2D eigenvalue weighted by Crippen LogP contribution is 2.30. The van der Waals surface area contributed by atoms with Gasteiger partial charge in [-0.15, -0.1) is 0 Å². The Morgan fingerprint density at radius 1 is 0.814 bits per heavy atom. The van der Waals surface area contributed by atoms with Gasteiger partial charge in [-0.2, -0.15) is 0 Å². The Kier molecular flexibility index (Phi) is 10.6. The monoisotopic (exact) mass is 617 g/mol. The van der Waals surface area contributed by atoms with Crippen LogP contribution in [-0.4, -0.2) is 43.8 Å². The van der Waals surface area contributed by atoms with Crippen molar-refractivity contribution in [2.75, 3.05) is 10.8 Å². The fourth-order valence-corrected chi connectivity index (χ4v) is 6.46. The quantitative estimate of drug-likeness (QED) is 0.211. The predicted molar refractivity (Wildman–Crippen MR) is 171 cm³/mol. The molecule has 43 heavy (non-hydrogen) atoms. The van der Waals surface area contributed by atoms with Crippen molar-refractivity contribution in [1.82, 2.24) is 10.2 Å². The summed E-state index contributed by atoms with van der Waals surface area (Å²) in [4.78, 5) is 29.7. The summed E-state index contributed by atoms with van der Waals surface area (Å²) in [7, 11) is -4.19. The topological polar surface area (TPSA) is 86.8 Å². The van der Waals surface area contributed by atoms with Gasteiger partial charge >= 0.3 is 0 Å². The summed E-state index contributed by atoms with van der Waals surface area (Å²) in [5.74, 6) is -0.845. The van der Waals surface area contributed by atoms with Gasteiger partial charge in [0.1, 0.15) is 12.6 Å². The summed E-state index contributed by atoms with van der Waals surface area (Å²) in [6, 6.07) is 30.6. The van der Waals surface area contributed by atoms with Crippen molar-refractivity contribution >= 4 is 39.1 Å². The fraction of sp³-hybridized carbons (Fsp3) is 0.235. The summed E-state index contributed by atoms with van der Waals surface area (Å²) in [6.45, 7) is 5.05. The Hall–Kier alpha value is -4.14. The van der Waals surface area contributed by atoms with Gasteiger partial charge in [-0.3, -0.25) is 13.9 Å². The first-order valence-corrected chi connectivity index (χ1v) is 15.9. The van der Waals surface area contributed by atoms with E-state index in [0.29, 0.717) is 10.6 Å². The summed E-state index contributed by atoms with van der Waals surface area (Å²) < 4.78 is 29.3. The van der Waals surface area contributed by atoms with Crippen LogP contribution in [0, 0.1) is 6.92 Å². The molecule has 1 atom stereocenters. The number of anilines is 1. The highest BCUT2D eigenvalue weighted by atomic mass is 35.5. The normalized spacial score (nSPS) is 12.0. The number of nitrogens with one attached hydrogen (secondary N) is 1. The van der Waals surface area contributed by atoms with Crippen LogP contribution < -0.4 is 9.62 Å². The molecule has 224 valence electrons. The smallest absolute Gasteiger partial charge is 0.264 e. The molecule has 0 saturated carbocycles. The van der Waals surface area contributed by atoms with Crippen molar-refractivity contribution in [3.8, 4) is 0 Å². The molecule has 0 heterocycles. The predicted octanol–water partition coefficient (Wildman–Crippen LogP) is 6.01. The van der Waals surface area contributed by atoms with Crippen molar-refractivity contribution in [1.29, 1.82) is 0 Å². The molecule has 0 aliphatic carbocycles. The molecular formula is C34H36ClN3O4S. The Labute approximate surface area is 259 Å². The number of sulfonamides is 1. The number of nitrogens with zero attached hydrogens (tertiary/aromatic N) is 2. The van der Waals surface area contributed by atoms with Gasteiger partial charge in [0.05, 0.1) is 10.6 Å². The Balaban J connectivity index is 1.81. The minimum atomic E-state index is -4.19. The lowest BCUT2D eigenvalue weighted by Gasteiger charge is -2.34. The van der Waals surface area contributed by atoms with Crippen LogP contribution in [0.25, 0.3) is 0 Å². The molecule has 0 bridgehead atoms. The van der Waals surface area contributed by atoms with Gasteiger partial charge in [0.15, 0.2) is 0 Å². The van der Waals surface area contributed by atoms with E-state index >= 15 is 0 Å². The minimum absolute atomic E-state index is 0.0372. The van der Waals surface area contributed by atoms with Crippen LogP contribution in [0.5, 0.6) is 0 Å². The fourth-order valence-electron chi connectivity index (χ4n) is 4.80. The Bertz CT molecular complexity index is 1630. The van der Waals surface area contributed by atoms with Crippen LogP contribution >= 0.6 is 11.6 Å². The summed E-state index contributed by atoms with van der Waals surface area (Å²) in [5, 5.41) is 3.29. The molecule has 9 heteroatoms. The van der Waals surface area contributed by atoms with E-state index in [4.69, 9.17) is 11.6 Å². The molecule has 0 saturated heterocycles. The first-order valence-electron chi connectivity index (χ1n) is 14.1. The molecule has 7 nitrogen and oxygen atoms in total. The van der Waals surface area contributed by atoms with Gasteiger partial charge in [0.2, 0.25) is 11.8 Å². The first kappa shape index (κ1) is 31.8. The second-order valence-corrected chi connectivity index (χ2v) is 12.9. The molecule has 1 unspecified atom stereocenters. The van der Waals surface area contributed by atoms with Gasteiger partial charge < -0.3 is 10.2 Å². The van der Waals surface area contributed by atoms with Crippen molar-refractivity contribution in [3.63, 3.8) is 0 Å². The number of rotatable bonds is 12. The highest BCUT2D eigenvalue weighted by Gasteiger charge is 2.35. The van der Waals surface area contributed by atoms with Crippen molar-refractivity contribution < 1.29 is 18.0 Å². The van der Waals surface area contributed by atoms with Gasteiger partial charge in [0, 0.05) is 24.0 Å². The van der Waals surface area contributed by atoms with Gasteiger partial charge in [-0.05, 0) is 61.7 Å². The molecule has 2 amide bonds. The number of amides is 2. The molecule has 0 aliphatic rings. The maximum Gasteiger partial charge on any atom is 0.264 e. The van der Waals surface area contributed by atoms with E-state index in [1.807, 2.05) is 74.5 Å². The third-order valence-corrected chi connectivity index (χ3v) is 8.96. The Morgan fingerprint density at radius 3 is 1.95 bits per heavy atom. The van der Waals surface area contributed by atoms with Crippen LogP contribution in [0.2, 0.25) is 5.02 Å². The summed E-state index contributed by atoms with van der Waals surface area (Å²) >= 11 is 6.32. The molecule has 0 aromatic heterocycles. The zero-order valence-electron chi connectivity index (χ0n) is 24.5. The maximum absolute atomic E-state index is 14.4. The lowest BCUT2D eigenvalue weighted by Crippen LogP contribution is -2.54. The third kappa shape index (κ3) is 8.24. The largest absolute Gasteiger partial charge is 0.352 e. The van der Waals surface area contributed by atoms with E-state index in [0.717, 1.165) is 15.4 Å². The standard InChI is InChI=1S/C34H36ClN3O4S/c1-25(2)36-34(40)32(21-27-13-7-4-8-14-27)37(23-28-15-9-5-10-16-28)33(39)24-38(31-22-29(35)20-19-26(31)3)43(41,42)30-17-11-6-12-18-30/h4-20,22,25,32H,21,23-24H2,1-3H3,(H,36,40). The number of carbonyl (C=O) groups is 2. The van der Waals surface area contributed by atoms with Gasteiger partial charge in [0.25, 0.3) is 10.0 Å². The van der Waals surface area contributed by atoms with E-state index < -0.39 is 28.5 Å². The van der Waals surface area contributed by atoms with E-state index in [-0.39, 0.29) is 35.5 Å². The molecule has 1 N–H and O–H groups in total. The zero-order valence-corrected chi connectivity index (χ0v) is 26.1. The van der Waals surface area contributed by atoms with Crippen molar-refractivity contribution in [2.45, 2.75) is 50.7 Å². The number of halogens is 1. The van der Waals surface area contributed by atoms with Crippen molar-refractivity contribution in [3.05, 3.63) is 131 Å². The van der Waals surface area contributed by atoms with Gasteiger partial charge in [-0.1, -0.05) is 96.5 Å². The average Bonchev–Trinajstić information content (AvgIpc) is 3.00. The molecule has 4 aromatic carbocycles. The molecule has 0 aliphatic heterocycles.